The molecule has 8 heteroatoms. The van der Waals surface area contributed by atoms with Crippen LogP contribution in [-0.2, 0) is 16.3 Å². The number of rotatable bonds is 3. The third-order valence-electron chi connectivity index (χ3n) is 3.35. The minimum atomic E-state index is -4.77. The van der Waals surface area contributed by atoms with Crippen LogP contribution in [0.5, 0.6) is 5.75 Å². The normalized spacial score (nSPS) is 22.5. The maximum Gasteiger partial charge on any atom is 0.573 e. The summed E-state index contributed by atoms with van der Waals surface area (Å²) in [5.41, 5.74) is 0.485. The second-order valence-corrected chi connectivity index (χ2v) is 5.05. The Morgan fingerprint density at radius 3 is 2.45 bits per heavy atom. The summed E-state index contributed by atoms with van der Waals surface area (Å²) in [5.74, 6) is -0.737. The SMILES string of the molecule is [O][C@@H]1CCN(C(=O)Cc2ccc(OC(F)(F)F)cc2)C[C@@H]1F. The molecule has 1 heterocycles. The first-order chi connectivity index (χ1) is 10.2. The van der Waals surface area contributed by atoms with Crippen LogP contribution in [0, 0.1) is 0 Å². The zero-order valence-electron chi connectivity index (χ0n) is 11.5. The van der Waals surface area contributed by atoms with Crippen LogP contribution < -0.4 is 4.74 Å². The molecule has 1 fully saturated rings. The number of alkyl halides is 4. The molecule has 4 nitrogen and oxygen atoms in total. The molecule has 0 spiro atoms. The Morgan fingerprint density at radius 1 is 1.27 bits per heavy atom. The molecule has 2 atom stereocenters. The molecular formula is C14H14F4NO3. The monoisotopic (exact) mass is 320 g/mol. The van der Waals surface area contributed by atoms with Crippen LogP contribution in [0.1, 0.15) is 12.0 Å². The average molecular weight is 320 g/mol. The van der Waals surface area contributed by atoms with Crippen molar-refractivity contribution in [3.8, 4) is 5.75 Å². The molecule has 1 saturated heterocycles. The van der Waals surface area contributed by atoms with E-state index in [0.29, 0.717) is 5.56 Å². The average Bonchev–Trinajstić information content (AvgIpc) is 2.42. The van der Waals surface area contributed by atoms with Crippen LogP contribution in [0.2, 0.25) is 0 Å². The third kappa shape index (κ3) is 4.59. The molecule has 1 radical (unpaired) electrons. The van der Waals surface area contributed by atoms with Gasteiger partial charge in [0.1, 0.15) is 18.0 Å². The summed E-state index contributed by atoms with van der Waals surface area (Å²) in [4.78, 5) is 13.2. The highest BCUT2D eigenvalue weighted by atomic mass is 19.4. The fraction of sp³-hybridized carbons (Fsp3) is 0.500. The van der Waals surface area contributed by atoms with E-state index in [1.54, 1.807) is 0 Å². The molecule has 1 aliphatic rings. The molecule has 22 heavy (non-hydrogen) atoms. The molecule has 1 amide bonds. The van der Waals surface area contributed by atoms with Gasteiger partial charge in [0, 0.05) is 6.54 Å². The summed E-state index contributed by atoms with van der Waals surface area (Å²) in [6.07, 6.45) is -7.66. The van der Waals surface area contributed by atoms with Gasteiger partial charge in [0.15, 0.2) is 0 Å². The van der Waals surface area contributed by atoms with Crippen molar-refractivity contribution in [3.63, 3.8) is 0 Å². The van der Waals surface area contributed by atoms with Crippen LogP contribution in [-0.4, -0.2) is 42.5 Å². The number of carbonyl (C=O) groups excluding carboxylic acids is 1. The topological polar surface area (TPSA) is 49.4 Å². The van der Waals surface area contributed by atoms with Crippen LogP contribution in [0.15, 0.2) is 24.3 Å². The van der Waals surface area contributed by atoms with Gasteiger partial charge in [-0.1, -0.05) is 12.1 Å². The Kier molecular flexibility index (Phi) is 4.90. The Morgan fingerprint density at radius 2 is 1.91 bits per heavy atom. The molecule has 1 aromatic carbocycles. The Labute approximate surface area is 124 Å². The molecule has 0 aliphatic carbocycles. The van der Waals surface area contributed by atoms with E-state index < -0.39 is 18.6 Å². The van der Waals surface area contributed by atoms with E-state index >= 15 is 0 Å². The molecule has 0 N–H and O–H groups in total. The molecule has 0 bridgehead atoms. The summed E-state index contributed by atoms with van der Waals surface area (Å²) in [6, 6.07) is 4.90. The largest absolute Gasteiger partial charge is 0.573 e. The lowest BCUT2D eigenvalue weighted by Gasteiger charge is -2.31. The second kappa shape index (κ2) is 6.51. The first-order valence-electron chi connectivity index (χ1n) is 6.67. The summed E-state index contributed by atoms with van der Waals surface area (Å²) >= 11 is 0. The van der Waals surface area contributed by atoms with E-state index in [1.165, 1.54) is 17.0 Å². The second-order valence-electron chi connectivity index (χ2n) is 5.05. The Hall–Kier alpha value is -1.83. The first kappa shape index (κ1) is 16.5. The molecule has 1 aliphatic heterocycles. The molecule has 1 aromatic rings. The van der Waals surface area contributed by atoms with E-state index in [9.17, 15) is 27.5 Å². The van der Waals surface area contributed by atoms with Gasteiger partial charge in [-0.25, -0.2) is 9.50 Å². The number of piperidine rings is 1. The summed E-state index contributed by atoms with van der Waals surface area (Å²) in [6.45, 7) is -0.0367. The van der Waals surface area contributed by atoms with Crippen LogP contribution in [0.4, 0.5) is 17.6 Å². The highest BCUT2D eigenvalue weighted by molar-refractivity contribution is 5.79. The van der Waals surface area contributed by atoms with E-state index in [0.717, 1.165) is 12.1 Å². The van der Waals surface area contributed by atoms with E-state index in [4.69, 9.17) is 0 Å². The Bertz CT molecular complexity index is 518. The Balaban J connectivity index is 1.92. The lowest BCUT2D eigenvalue weighted by Crippen LogP contribution is -2.47. The van der Waals surface area contributed by atoms with Crippen molar-refractivity contribution in [2.75, 3.05) is 13.1 Å². The van der Waals surface area contributed by atoms with Crippen molar-refractivity contribution in [1.29, 1.82) is 0 Å². The number of likely N-dealkylation sites (tertiary alicyclic amines) is 1. The summed E-state index contributed by atoms with van der Waals surface area (Å²) in [5, 5.41) is 11.1. The van der Waals surface area contributed by atoms with Crippen molar-refractivity contribution >= 4 is 5.91 Å². The predicted octanol–water partition coefficient (Wildman–Crippen LogP) is 2.50. The van der Waals surface area contributed by atoms with Crippen molar-refractivity contribution in [2.45, 2.75) is 31.5 Å². The van der Waals surface area contributed by atoms with Gasteiger partial charge < -0.3 is 9.64 Å². The van der Waals surface area contributed by atoms with Crippen LogP contribution in [0.25, 0.3) is 0 Å². The number of nitrogens with zero attached hydrogens (tertiary/aromatic N) is 1. The van der Waals surface area contributed by atoms with Gasteiger partial charge in [-0.3, -0.25) is 4.79 Å². The van der Waals surface area contributed by atoms with Gasteiger partial charge in [-0.15, -0.1) is 13.2 Å². The van der Waals surface area contributed by atoms with E-state index in [-0.39, 0.29) is 37.6 Å². The number of hydrogen-bond donors (Lipinski definition) is 0. The van der Waals surface area contributed by atoms with Gasteiger partial charge in [0.25, 0.3) is 0 Å². The highest BCUT2D eigenvalue weighted by Gasteiger charge is 2.32. The molecule has 0 aromatic heterocycles. The third-order valence-corrected chi connectivity index (χ3v) is 3.35. The number of amides is 1. The standard InChI is InChI=1S/C14H14F4NO3/c15-11-8-19(6-5-12(11)20)13(21)7-9-1-3-10(4-2-9)22-14(16,17)18/h1-4,11-12H,5-8H2/t11-,12+/m0/s1. The lowest BCUT2D eigenvalue weighted by molar-refractivity contribution is -0.274. The quantitative estimate of drug-likeness (QED) is 0.804. The molecule has 0 unspecified atom stereocenters. The molecular weight excluding hydrogens is 306 g/mol. The minimum Gasteiger partial charge on any atom is -0.406 e. The van der Waals surface area contributed by atoms with Gasteiger partial charge in [-0.05, 0) is 24.1 Å². The van der Waals surface area contributed by atoms with Crippen molar-refractivity contribution < 1.29 is 32.2 Å². The number of hydrogen-bond acceptors (Lipinski definition) is 2. The van der Waals surface area contributed by atoms with Crippen LogP contribution >= 0.6 is 0 Å². The maximum atomic E-state index is 13.3. The number of carbonyl (C=O) groups is 1. The zero-order chi connectivity index (χ0) is 16.3. The predicted molar refractivity (Wildman–Crippen MR) is 67.4 cm³/mol. The number of ether oxygens (including phenoxy) is 1. The fourth-order valence-corrected chi connectivity index (χ4v) is 2.21. The number of benzene rings is 1. The first-order valence-corrected chi connectivity index (χ1v) is 6.67. The van der Waals surface area contributed by atoms with Gasteiger partial charge in [0.2, 0.25) is 5.91 Å². The fourth-order valence-electron chi connectivity index (χ4n) is 2.21. The van der Waals surface area contributed by atoms with Gasteiger partial charge in [-0.2, -0.15) is 0 Å². The lowest BCUT2D eigenvalue weighted by atomic mass is 10.0. The van der Waals surface area contributed by atoms with Crippen LogP contribution in [0.3, 0.4) is 0 Å². The molecule has 121 valence electrons. The summed E-state index contributed by atoms with van der Waals surface area (Å²) in [7, 11) is 0. The maximum absolute atomic E-state index is 13.3. The smallest absolute Gasteiger partial charge is 0.406 e. The van der Waals surface area contributed by atoms with Gasteiger partial charge >= 0.3 is 6.36 Å². The molecule has 2 rings (SSSR count). The van der Waals surface area contributed by atoms with Crippen molar-refractivity contribution in [3.05, 3.63) is 29.8 Å². The number of halogens is 4. The van der Waals surface area contributed by atoms with E-state index in [2.05, 4.69) is 4.74 Å². The van der Waals surface area contributed by atoms with Crippen molar-refractivity contribution in [2.24, 2.45) is 0 Å². The van der Waals surface area contributed by atoms with E-state index in [1.807, 2.05) is 0 Å². The highest BCUT2D eigenvalue weighted by Crippen LogP contribution is 2.23. The summed E-state index contributed by atoms with van der Waals surface area (Å²) < 4.78 is 53.1. The minimum absolute atomic E-state index is 0.0608. The van der Waals surface area contributed by atoms with Gasteiger partial charge in [0.05, 0.1) is 13.0 Å². The van der Waals surface area contributed by atoms with Crippen molar-refractivity contribution in [1.82, 2.24) is 4.90 Å². The zero-order valence-corrected chi connectivity index (χ0v) is 11.5. The molecule has 0 saturated carbocycles.